The van der Waals surface area contributed by atoms with Gasteiger partial charge < -0.3 is 40.0 Å². The number of carboxylic acids is 2. The second-order valence-corrected chi connectivity index (χ2v) is 11.6. The van der Waals surface area contributed by atoms with Crippen LogP contribution in [0.2, 0.25) is 0 Å². The molecule has 2 unspecified atom stereocenters. The van der Waals surface area contributed by atoms with Crippen LogP contribution < -0.4 is 10.2 Å². The molecule has 10 nitrogen and oxygen atoms in total. The van der Waals surface area contributed by atoms with Crippen LogP contribution in [0, 0.1) is 13.8 Å². The van der Waals surface area contributed by atoms with E-state index in [4.69, 9.17) is 9.97 Å². The Bertz CT molecular complexity index is 1940. The zero-order chi connectivity index (χ0) is 32.0. The molecule has 0 radical (unpaired) electrons. The summed E-state index contributed by atoms with van der Waals surface area (Å²) in [5.41, 5.74) is 11.3. The van der Waals surface area contributed by atoms with Gasteiger partial charge in [0.05, 0.1) is 35.0 Å². The van der Waals surface area contributed by atoms with Gasteiger partial charge in [-0.1, -0.05) is 0 Å². The van der Waals surface area contributed by atoms with E-state index >= 15 is 0 Å². The fraction of sp³-hybridized carbons (Fsp3) is 0.353. The minimum absolute atomic E-state index is 0. The normalized spacial score (nSPS) is 14.1. The average molecular weight is 821 g/mol. The summed E-state index contributed by atoms with van der Waals surface area (Å²) in [5.74, 6) is -2.34. The van der Waals surface area contributed by atoms with Gasteiger partial charge in [0.15, 0.2) is 0 Å². The molecule has 0 saturated heterocycles. The maximum absolute atomic E-state index is 11.4. The number of carboxylic acid groups (broad SMARTS) is 2. The number of nitrogens with one attached hydrogen (secondary N) is 2. The Balaban J connectivity index is 0.00000288. The van der Waals surface area contributed by atoms with Gasteiger partial charge in [-0.2, -0.15) is 0 Å². The zero-order valence-electron chi connectivity index (χ0n) is 26.4. The predicted molar refractivity (Wildman–Crippen MR) is 172 cm³/mol. The summed E-state index contributed by atoms with van der Waals surface area (Å²) in [7, 11) is 0. The van der Waals surface area contributed by atoms with Gasteiger partial charge in [-0.3, -0.25) is 0 Å². The Kier molecular flexibility index (Phi) is 12.4. The summed E-state index contributed by atoms with van der Waals surface area (Å²) >= 11 is 0. The van der Waals surface area contributed by atoms with Crippen LogP contribution in [0.15, 0.2) is 24.3 Å². The van der Waals surface area contributed by atoms with Crippen molar-refractivity contribution in [1.82, 2.24) is 19.9 Å². The van der Waals surface area contributed by atoms with Crippen LogP contribution in [-0.2, 0) is 43.7 Å². The molecule has 2 atom stereocenters. The van der Waals surface area contributed by atoms with Crippen molar-refractivity contribution in [3.63, 3.8) is 0 Å². The van der Waals surface area contributed by atoms with Crippen molar-refractivity contribution in [1.29, 1.82) is 0 Å². The van der Waals surface area contributed by atoms with E-state index < -0.39 is 24.1 Å². The van der Waals surface area contributed by atoms with E-state index in [-0.39, 0.29) is 82.9 Å². The molecule has 2 aliphatic rings. The van der Waals surface area contributed by atoms with Crippen LogP contribution in [0.25, 0.3) is 44.4 Å². The standard InChI is InChI=1S/C34H38N4O6.Hg.Na.H/c1-15-21(7-9-31(41)42)27-14-28-22(8-10-32(43)44)16(2)24(36-28)12-29-34(20(6)40)18(4)26(38-29)13-30-33(19(5)39)17(3)25(37-30)11-23(15)35-27;;;/h11-14,19-20,36-37,39-40H,7-10H2,1-6H3,(H,41,42)(H,43,44);;;/q;+2;;/p-2. The van der Waals surface area contributed by atoms with E-state index in [1.54, 1.807) is 13.8 Å². The first kappa shape index (κ1) is 37.8. The summed E-state index contributed by atoms with van der Waals surface area (Å²) in [6, 6.07) is 7.41. The fourth-order valence-corrected chi connectivity index (χ4v) is 6.30. The number of nitrogens with zero attached hydrogens (tertiary/aromatic N) is 2. The Labute approximate surface area is 309 Å². The number of aryl methyl sites for hydroxylation is 3. The monoisotopic (exact) mass is 822 g/mol. The van der Waals surface area contributed by atoms with Crippen molar-refractivity contribution in [2.75, 3.05) is 0 Å². The van der Waals surface area contributed by atoms with Crippen LogP contribution in [0.4, 0.5) is 0 Å². The summed E-state index contributed by atoms with van der Waals surface area (Å²) in [4.78, 5) is 39.5. The SMILES string of the molecule is CC1=C(CCC(=O)[O-])c2cc3[nH]c(cc4nc(cc5[nH]c(cc1n2)c(C)c5C(C)O)C(C)=C4C(C)O)c(C)c3CCC(=O)[O-].[Hg+2].[NaH]. The van der Waals surface area contributed by atoms with E-state index in [0.29, 0.717) is 50.5 Å². The summed E-state index contributed by atoms with van der Waals surface area (Å²) in [5, 5.41) is 44.4. The first-order chi connectivity index (χ1) is 20.8. The number of fused-ring (bicyclic) bond motifs is 8. The topological polar surface area (TPSA) is 178 Å². The van der Waals surface area contributed by atoms with Gasteiger partial charge in [-0.15, -0.1) is 0 Å². The number of carbonyl (C=O) groups is 2. The number of hydrogen-bond donors (Lipinski definition) is 4. The zero-order valence-corrected chi connectivity index (χ0v) is 31.9. The molecule has 8 bridgehead atoms. The number of carbonyl (C=O) groups excluding carboxylic acids is 2. The Morgan fingerprint density at radius 3 is 1.83 bits per heavy atom. The number of allylic oxidation sites excluding steroid dienone is 3. The van der Waals surface area contributed by atoms with Crippen molar-refractivity contribution in [3.8, 4) is 0 Å². The molecule has 232 valence electrons. The van der Waals surface area contributed by atoms with Gasteiger partial charge in [0, 0.05) is 45.1 Å². The van der Waals surface area contributed by atoms with Crippen LogP contribution in [0.1, 0.15) is 98.1 Å². The number of aliphatic hydroxyl groups excluding tert-OH is 2. The molecule has 0 amide bonds. The second kappa shape index (κ2) is 15.1. The van der Waals surface area contributed by atoms with E-state index in [1.165, 1.54) is 0 Å². The quantitative estimate of drug-likeness (QED) is 0.251. The number of hydrogen-bond acceptors (Lipinski definition) is 8. The Morgan fingerprint density at radius 2 is 1.22 bits per heavy atom. The van der Waals surface area contributed by atoms with Gasteiger partial charge in [-0.25, -0.2) is 9.97 Å². The van der Waals surface area contributed by atoms with E-state index in [0.717, 1.165) is 38.9 Å². The number of rotatable bonds is 8. The van der Waals surface area contributed by atoms with Crippen molar-refractivity contribution in [2.45, 2.75) is 79.4 Å². The average Bonchev–Trinajstić information content (AvgIpc) is 3.59. The van der Waals surface area contributed by atoms with Gasteiger partial charge in [-0.05, 0) is 125 Å². The van der Waals surface area contributed by atoms with Crippen molar-refractivity contribution in [2.24, 2.45) is 0 Å². The minimum atomic E-state index is -1.17. The summed E-state index contributed by atoms with van der Waals surface area (Å²) < 4.78 is 0. The Hall–Kier alpha value is -2.60. The molecule has 0 aliphatic carbocycles. The molecule has 46 heavy (non-hydrogen) atoms. The molecular formula is C34H37HgN4NaO6. The third kappa shape index (κ3) is 7.42. The van der Waals surface area contributed by atoms with E-state index in [1.807, 2.05) is 52.0 Å². The van der Waals surface area contributed by atoms with Gasteiger partial charge in [0.2, 0.25) is 0 Å². The number of aliphatic hydroxyl groups is 2. The number of H-pyrrole nitrogens is 2. The van der Waals surface area contributed by atoms with Crippen molar-refractivity contribution in [3.05, 3.63) is 69.3 Å². The predicted octanol–water partition coefficient (Wildman–Crippen LogP) is 2.79. The molecule has 3 aromatic heterocycles. The molecule has 5 heterocycles. The first-order valence-corrected chi connectivity index (χ1v) is 14.7. The molecule has 0 aromatic carbocycles. The number of aromatic amines is 2. The molecule has 0 saturated carbocycles. The third-order valence-corrected chi connectivity index (χ3v) is 8.63. The molecule has 0 fully saturated rings. The van der Waals surface area contributed by atoms with Gasteiger partial charge >= 0.3 is 57.2 Å². The van der Waals surface area contributed by atoms with Gasteiger partial charge in [0.1, 0.15) is 0 Å². The van der Waals surface area contributed by atoms with Crippen LogP contribution in [0.5, 0.6) is 0 Å². The first-order valence-electron chi connectivity index (χ1n) is 14.7. The third-order valence-electron chi connectivity index (χ3n) is 8.63. The van der Waals surface area contributed by atoms with Crippen molar-refractivity contribution < 1.29 is 57.7 Å². The molecule has 12 heteroatoms. The molecule has 2 aliphatic heterocycles. The molecule has 0 spiro atoms. The molecular weight excluding hydrogens is 784 g/mol. The number of aromatic nitrogens is 4. The maximum atomic E-state index is 11.4. The van der Waals surface area contributed by atoms with Crippen LogP contribution >= 0.6 is 0 Å². The van der Waals surface area contributed by atoms with Crippen molar-refractivity contribution >= 4 is 85.9 Å². The van der Waals surface area contributed by atoms with E-state index in [9.17, 15) is 30.0 Å². The molecule has 5 rings (SSSR count). The summed E-state index contributed by atoms with van der Waals surface area (Å²) in [6.07, 6.45) is -1.56. The second-order valence-electron chi connectivity index (χ2n) is 11.6. The number of aliphatic carboxylic acids is 2. The fourth-order valence-electron chi connectivity index (χ4n) is 6.30. The van der Waals surface area contributed by atoms with Crippen LogP contribution in [-0.4, -0.2) is 77.7 Å². The summed E-state index contributed by atoms with van der Waals surface area (Å²) in [6.45, 7) is 11.0. The molecule has 3 aromatic rings. The van der Waals surface area contributed by atoms with Crippen LogP contribution in [0.3, 0.4) is 0 Å². The molecule has 4 N–H and O–H groups in total. The van der Waals surface area contributed by atoms with Gasteiger partial charge in [0.25, 0.3) is 0 Å². The Morgan fingerprint density at radius 1 is 0.717 bits per heavy atom. The van der Waals surface area contributed by atoms with E-state index in [2.05, 4.69) is 9.97 Å².